The summed E-state index contributed by atoms with van der Waals surface area (Å²) in [5, 5.41) is 10.4. The van der Waals surface area contributed by atoms with E-state index in [0.29, 0.717) is 5.56 Å². The first-order valence-corrected chi connectivity index (χ1v) is 4.77. The number of thiophene rings is 1. The molecule has 0 saturated heterocycles. The van der Waals surface area contributed by atoms with Gasteiger partial charge in [0.05, 0.1) is 0 Å². The fourth-order valence-electron chi connectivity index (χ4n) is 0.980. The topological polar surface area (TPSA) is 54.4 Å². The first-order valence-electron chi connectivity index (χ1n) is 3.89. The molecule has 0 spiro atoms. The molecule has 4 heteroatoms. The number of ketones is 1. The van der Waals surface area contributed by atoms with Gasteiger partial charge in [-0.3, -0.25) is 4.79 Å². The standard InChI is InChI=1S/C9H10O3S/c1-5(2)7(10)6-3-4-13-8(6)9(11)12/h3-5H,1-2H3,(H,11,12). The Balaban J connectivity index is 3.08. The molecule has 1 aromatic heterocycles. The third-order valence-corrected chi connectivity index (χ3v) is 2.55. The Hall–Kier alpha value is -1.16. The van der Waals surface area contributed by atoms with Gasteiger partial charge in [0.15, 0.2) is 5.78 Å². The van der Waals surface area contributed by atoms with Crippen molar-refractivity contribution in [3.8, 4) is 0 Å². The minimum Gasteiger partial charge on any atom is -0.477 e. The van der Waals surface area contributed by atoms with Gasteiger partial charge < -0.3 is 5.11 Å². The highest BCUT2D eigenvalue weighted by Crippen LogP contribution is 2.19. The van der Waals surface area contributed by atoms with E-state index >= 15 is 0 Å². The van der Waals surface area contributed by atoms with Crippen LogP contribution in [-0.4, -0.2) is 16.9 Å². The molecule has 0 aliphatic carbocycles. The van der Waals surface area contributed by atoms with Crippen molar-refractivity contribution in [2.75, 3.05) is 0 Å². The molecule has 0 unspecified atom stereocenters. The predicted molar refractivity (Wildman–Crippen MR) is 50.4 cm³/mol. The van der Waals surface area contributed by atoms with E-state index in [-0.39, 0.29) is 16.6 Å². The van der Waals surface area contributed by atoms with E-state index in [2.05, 4.69) is 0 Å². The van der Waals surface area contributed by atoms with Gasteiger partial charge in [0.25, 0.3) is 0 Å². The fraction of sp³-hybridized carbons (Fsp3) is 0.333. The minimum absolute atomic E-state index is 0.112. The summed E-state index contributed by atoms with van der Waals surface area (Å²) in [5.74, 6) is -1.30. The molecule has 1 rings (SSSR count). The Labute approximate surface area is 80.0 Å². The molecule has 0 saturated carbocycles. The lowest BCUT2D eigenvalue weighted by atomic mass is 10.0. The van der Waals surface area contributed by atoms with Crippen LogP contribution in [0.1, 0.15) is 33.9 Å². The number of aromatic carboxylic acids is 1. The van der Waals surface area contributed by atoms with Gasteiger partial charge in [0.1, 0.15) is 4.88 Å². The van der Waals surface area contributed by atoms with Crippen LogP contribution in [0.5, 0.6) is 0 Å². The second-order valence-corrected chi connectivity index (χ2v) is 3.90. The van der Waals surface area contributed by atoms with Gasteiger partial charge in [-0.1, -0.05) is 13.8 Å². The van der Waals surface area contributed by atoms with Crippen LogP contribution < -0.4 is 0 Å². The van der Waals surface area contributed by atoms with Crippen LogP contribution in [0.3, 0.4) is 0 Å². The lowest BCUT2D eigenvalue weighted by Crippen LogP contribution is -2.10. The molecule has 1 heterocycles. The average molecular weight is 198 g/mol. The number of rotatable bonds is 3. The molecule has 1 aromatic rings. The average Bonchev–Trinajstić information content (AvgIpc) is 2.50. The number of Topliss-reactive ketones (excluding diaryl/α,β-unsaturated/α-hetero) is 1. The number of hydrogen-bond donors (Lipinski definition) is 1. The Kier molecular flexibility index (Phi) is 2.83. The van der Waals surface area contributed by atoms with Crippen LogP contribution in [0, 0.1) is 5.92 Å². The SMILES string of the molecule is CC(C)C(=O)c1ccsc1C(=O)O. The second-order valence-electron chi connectivity index (χ2n) is 2.99. The van der Waals surface area contributed by atoms with Crippen molar-refractivity contribution >= 4 is 23.1 Å². The molecule has 0 atom stereocenters. The summed E-state index contributed by atoms with van der Waals surface area (Å²) in [7, 11) is 0. The first-order chi connectivity index (χ1) is 6.04. The Morgan fingerprint density at radius 3 is 2.54 bits per heavy atom. The van der Waals surface area contributed by atoms with Crippen molar-refractivity contribution in [1.82, 2.24) is 0 Å². The van der Waals surface area contributed by atoms with E-state index in [0.717, 1.165) is 11.3 Å². The largest absolute Gasteiger partial charge is 0.477 e. The van der Waals surface area contributed by atoms with Gasteiger partial charge in [-0.15, -0.1) is 11.3 Å². The lowest BCUT2D eigenvalue weighted by Gasteiger charge is -2.02. The molecule has 0 aliphatic rings. The quantitative estimate of drug-likeness (QED) is 0.758. The molecule has 0 amide bonds. The zero-order chi connectivity index (χ0) is 10.0. The fourth-order valence-corrected chi connectivity index (χ4v) is 1.72. The molecule has 13 heavy (non-hydrogen) atoms. The van der Waals surface area contributed by atoms with Crippen LogP contribution >= 0.6 is 11.3 Å². The third-order valence-electron chi connectivity index (χ3n) is 1.65. The van der Waals surface area contributed by atoms with Gasteiger partial charge >= 0.3 is 5.97 Å². The molecular weight excluding hydrogens is 188 g/mol. The van der Waals surface area contributed by atoms with E-state index in [1.165, 1.54) is 0 Å². The van der Waals surface area contributed by atoms with Gasteiger partial charge in [-0.25, -0.2) is 4.79 Å². The number of hydrogen-bond acceptors (Lipinski definition) is 3. The van der Waals surface area contributed by atoms with Crippen molar-refractivity contribution in [2.24, 2.45) is 5.92 Å². The van der Waals surface area contributed by atoms with E-state index < -0.39 is 5.97 Å². The zero-order valence-corrected chi connectivity index (χ0v) is 8.22. The highest BCUT2D eigenvalue weighted by molar-refractivity contribution is 7.12. The highest BCUT2D eigenvalue weighted by Gasteiger charge is 2.19. The van der Waals surface area contributed by atoms with Crippen LogP contribution in [0.4, 0.5) is 0 Å². The summed E-state index contributed by atoms with van der Waals surface area (Å²) in [6, 6.07) is 1.57. The van der Waals surface area contributed by atoms with E-state index in [4.69, 9.17) is 5.11 Å². The molecule has 3 nitrogen and oxygen atoms in total. The van der Waals surface area contributed by atoms with Crippen LogP contribution in [0.25, 0.3) is 0 Å². The van der Waals surface area contributed by atoms with Gasteiger partial charge in [0, 0.05) is 11.5 Å². The summed E-state index contributed by atoms with van der Waals surface area (Å²) in [6.07, 6.45) is 0. The molecule has 0 aliphatic heterocycles. The lowest BCUT2D eigenvalue weighted by molar-refractivity contribution is 0.0696. The molecule has 0 aromatic carbocycles. The van der Waals surface area contributed by atoms with Crippen molar-refractivity contribution in [1.29, 1.82) is 0 Å². The van der Waals surface area contributed by atoms with E-state index in [1.54, 1.807) is 25.3 Å². The van der Waals surface area contributed by atoms with E-state index in [9.17, 15) is 9.59 Å². The number of carboxylic acid groups (broad SMARTS) is 1. The summed E-state index contributed by atoms with van der Waals surface area (Å²) in [6.45, 7) is 3.51. The number of carbonyl (C=O) groups excluding carboxylic acids is 1. The van der Waals surface area contributed by atoms with Crippen molar-refractivity contribution in [3.63, 3.8) is 0 Å². The smallest absolute Gasteiger partial charge is 0.346 e. The van der Waals surface area contributed by atoms with Crippen molar-refractivity contribution in [3.05, 3.63) is 21.9 Å². The van der Waals surface area contributed by atoms with Gasteiger partial charge in [0.2, 0.25) is 0 Å². The predicted octanol–water partition coefficient (Wildman–Crippen LogP) is 2.29. The second kappa shape index (κ2) is 3.70. The molecule has 0 bridgehead atoms. The number of carbonyl (C=O) groups is 2. The minimum atomic E-state index is -1.03. The van der Waals surface area contributed by atoms with E-state index in [1.807, 2.05) is 0 Å². The normalized spacial score (nSPS) is 10.4. The highest BCUT2D eigenvalue weighted by atomic mass is 32.1. The first kappa shape index (κ1) is 9.92. The maximum absolute atomic E-state index is 11.5. The Bertz CT molecular complexity index is 338. The summed E-state index contributed by atoms with van der Waals surface area (Å²) in [5.41, 5.74) is 0.326. The van der Waals surface area contributed by atoms with Crippen molar-refractivity contribution in [2.45, 2.75) is 13.8 Å². The maximum Gasteiger partial charge on any atom is 0.346 e. The molecule has 0 radical (unpaired) electrons. The summed E-state index contributed by atoms with van der Waals surface area (Å²) >= 11 is 1.08. The van der Waals surface area contributed by atoms with Crippen LogP contribution in [0.15, 0.2) is 11.4 Å². The maximum atomic E-state index is 11.5. The Morgan fingerprint density at radius 2 is 2.08 bits per heavy atom. The molecule has 0 fully saturated rings. The van der Waals surface area contributed by atoms with Gasteiger partial charge in [-0.2, -0.15) is 0 Å². The molecular formula is C9H10O3S. The Morgan fingerprint density at radius 1 is 1.46 bits per heavy atom. The summed E-state index contributed by atoms with van der Waals surface area (Å²) in [4.78, 5) is 22.3. The summed E-state index contributed by atoms with van der Waals surface area (Å²) < 4.78 is 0. The zero-order valence-electron chi connectivity index (χ0n) is 7.40. The molecule has 1 N–H and O–H groups in total. The number of carboxylic acids is 1. The molecule has 70 valence electrons. The van der Waals surface area contributed by atoms with Crippen LogP contribution in [0.2, 0.25) is 0 Å². The van der Waals surface area contributed by atoms with Crippen molar-refractivity contribution < 1.29 is 14.7 Å². The van der Waals surface area contributed by atoms with Crippen LogP contribution in [-0.2, 0) is 0 Å². The third kappa shape index (κ3) is 1.95. The monoisotopic (exact) mass is 198 g/mol. The van der Waals surface area contributed by atoms with Gasteiger partial charge in [-0.05, 0) is 11.4 Å².